The Morgan fingerprint density at radius 2 is 1.69 bits per heavy atom. The average molecular weight is 531 g/mol. The van der Waals surface area contributed by atoms with Crippen LogP contribution < -0.4 is 15.0 Å². The van der Waals surface area contributed by atoms with E-state index in [-0.39, 0.29) is 32.9 Å². The third-order valence-electron chi connectivity index (χ3n) is 7.98. The number of halogens is 3. The first-order valence-corrected chi connectivity index (χ1v) is 15.7. The number of ether oxygens (including phenoxy) is 1. The number of nitrogens with one attached hydrogen (secondary N) is 1. The highest BCUT2D eigenvalue weighted by atomic mass is 35.5. The first kappa shape index (κ1) is 28.7. The lowest BCUT2D eigenvalue weighted by atomic mass is 9.83. The van der Waals surface area contributed by atoms with Crippen molar-refractivity contribution in [1.29, 1.82) is 0 Å². The van der Waals surface area contributed by atoms with Gasteiger partial charge in [0.15, 0.2) is 0 Å². The van der Waals surface area contributed by atoms with Crippen molar-refractivity contribution in [3.63, 3.8) is 0 Å². The lowest BCUT2D eigenvalue weighted by Crippen LogP contribution is -2.67. The molecule has 4 nitrogen and oxygen atoms in total. The maximum atomic E-state index is 15.0. The number of piperazine rings is 1. The normalized spacial score (nSPS) is 23.2. The van der Waals surface area contributed by atoms with Gasteiger partial charge in [0, 0.05) is 29.9 Å². The summed E-state index contributed by atoms with van der Waals surface area (Å²) in [5.74, 6) is -0.00971. The Morgan fingerprint density at radius 3 is 2.26 bits per heavy atom. The van der Waals surface area contributed by atoms with Crippen LogP contribution in [0, 0.1) is 0 Å². The zero-order chi connectivity index (χ0) is 26.2. The van der Waals surface area contributed by atoms with Crippen LogP contribution in [0.4, 0.5) is 14.5 Å². The molecule has 3 rings (SSSR count). The lowest BCUT2D eigenvalue weighted by molar-refractivity contribution is -0.198. The van der Waals surface area contributed by atoms with Gasteiger partial charge in [0.05, 0.1) is 5.02 Å². The van der Waals surface area contributed by atoms with Crippen molar-refractivity contribution in [2.24, 2.45) is 0 Å². The number of anilines is 1. The highest BCUT2D eigenvalue weighted by molar-refractivity contribution is 6.77. The van der Waals surface area contributed by atoms with Crippen LogP contribution in [0.25, 0.3) is 0 Å². The van der Waals surface area contributed by atoms with E-state index in [4.69, 9.17) is 20.8 Å². The maximum Gasteiger partial charge on any atom is 0.420 e. The second-order valence-electron chi connectivity index (χ2n) is 12.1. The van der Waals surface area contributed by atoms with Gasteiger partial charge >= 0.3 is 6.11 Å². The third-order valence-corrected chi connectivity index (χ3v) is 14.3. The third kappa shape index (κ3) is 6.34. The first-order chi connectivity index (χ1) is 16.2. The molecule has 2 fully saturated rings. The van der Waals surface area contributed by atoms with Crippen LogP contribution in [-0.4, -0.2) is 45.2 Å². The highest BCUT2D eigenvalue weighted by Gasteiger charge is 2.48. The Labute approximate surface area is 217 Å². The van der Waals surface area contributed by atoms with E-state index in [0.717, 1.165) is 25.1 Å². The van der Waals surface area contributed by atoms with Gasteiger partial charge in [-0.2, -0.15) is 8.78 Å². The summed E-state index contributed by atoms with van der Waals surface area (Å²) in [5.41, 5.74) is 1.57. The molecule has 35 heavy (non-hydrogen) atoms. The van der Waals surface area contributed by atoms with E-state index in [1.807, 2.05) is 6.07 Å². The minimum atomic E-state index is -3.46. The Bertz CT molecular complexity index is 844. The zero-order valence-corrected chi connectivity index (χ0v) is 24.5. The van der Waals surface area contributed by atoms with Crippen molar-refractivity contribution in [3.8, 4) is 5.75 Å². The Kier molecular flexibility index (Phi) is 8.88. The smallest absolute Gasteiger partial charge is 0.420 e. The molecule has 1 N–H and O–H groups in total. The summed E-state index contributed by atoms with van der Waals surface area (Å²) in [4.78, 5) is 2.39. The van der Waals surface area contributed by atoms with Crippen LogP contribution in [0.5, 0.6) is 5.75 Å². The number of nitrogens with zero attached hydrogens (tertiary/aromatic N) is 1. The quantitative estimate of drug-likeness (QED) is 0.328. The largest absolute Gasteiger partial charge is 0.429 e. The molecule has 1 saturated heterocycles. The van der Waals surface area contributed by atoms with E-state index in [0.29, 0.717) is 12.1 Å². The molecule has 2 atom stereocenters. The molecular formula is C27H45ClF2N2O2Si. The van der Waals surface area contributed by atoms with Gasteiger partial charge < -0.3 is 19.4 Å². The molecule has 0 unspecified atom stereocenters. The van der Waals surface area contributed by atoms with Crippen molar-refractivity contribution in [2.45, 2.75) is 121 Å². The molecule has 1 saturated carbocycles. The molecule has 0 radical (unpaired) electrons. The Morgan fingerprint density at radius 1 is 1.09 bits per heavy atom. The van der Waals surface area contributed by atoms with E-state index in [1.54, 1.807) is 12.1 Å². The summed E-state index contributed by atoms with van der Waals surface area (Å²) in [7, 11) is -2.44. The van der Waals surface area contributed by atoms with Gasteiger partial charge in [-0.1, -0.05) is 66.0 Å². The number of hydrogen-bond acceptors (Lipinski definition) is 4. The second kappa shape index (κ2) is 10.8. The van der Waals surface area contributed by atoms with E-state index in [9.17, 15) is 8.78 Å². The monoisotopic (exact) mass is 530 g/mol. The predicted molar refractivity (Wildman–Crippen MR) is 145 cm³/mol. The van der Waals surface area contributed by atoms with E-state index < -0.39 is 21.0 Å². The molecular weight excluding hydrogens is 486 g/mol. The number of benzene rings is 1. The fourth-order valence-corrected chi connectivity index (χ4v) is 12.3. The van der Waals surface area contributed by atoms with Gasteiger partial charge in [-0.05, 0) is 61.5 Å². The maximum absolute atomic E-state index is 15.0. The van der Waals surface area contributed by atoms with Gasteiger partial charge in [0.1, 0.15) is 12.4 Å². The summed E-state index contributed by atoms with van der Waals surface area (Å²) in [5, 5.41) is 3.99. The van der Waals surface area contributed by atoms with Crippen LogP contribution in [0.1, 0.15) is 81.1 Å². The van der Waals surface area contributed by atoms with Crippen LogP contribution in [0.2, 0.25) is 21.6 Å². The summed E-state index contributed by atoms with van der Waals surface area (Å²) in [6.45, 7) is 17.0. The van der Waals surface area contributed by atoms with E-state index >= 15 is 0 Å². The summed E-state index contributed by atoms with van der Waals surface area (Å²) < 4.78 is 41.2. The van der Waals surface area contributed by atoms with E-state index in [2.05, 4.69) is 65.6 Å². The summed E-state index contributed by atoms with van der Waals surface area (Å²) in [6, 6.07) is 6.03. The Balaban J connectivity index is 1.76. The highest BCUT2D eigenvalue weighted by Crippen LogP contribution is 2.43. The summed E-state index contributed by atoms with van der Waals surface area (Å²) >= 11 is 6.51. The molecule has 1 aliphatic carbocycles. The van der Waals surface area contributed by atoms with Crippen molar-refractivity contribution >= 4 is 25.6 Å². The lowest BCUT2D eigenvalue weighted by Gasteiger charge is -2.52. The number of rotatable bonds is 9. The zero-order valence-electron chi connectivity index (χ0n) is 22.8. The average Bonchev–Trinajstić information content (AvgIpc) is 2.73. The minimum Gasteiger partial charge on any atom is -0.429 e. The number of fused-ring (bicyclic) bond motifs is 1. The van der Waals surface area contributed by atoms with Gasteiger partial charge in [-0.15, -0.1) is 0 Å². The molecule has 8 heteroatoms. The van der Waals surface area contributed by atoms with Crippen molar-refractivity contribution < 1.29 is 17.9 Å². The molecule has 200 valence electrons. The molecule has 1 heterocycles. The second-order valence-corrected chi connectivity index (χ2v) is 17.9. The van der Waals surface area contributed by atoms with Gasteiger partial charge in [0.25, 0.3) is 0 Å². The first-order valence-electron chi connectivity index (χ1n) is 13.2. The minimum absolute atomic E-state index is 0.00971. The van der Waals surface area contributed by atoms with Crippen LogP contribution in [0.3, 0.4) is 0 Å². The fraction of sp³-hybridized carbons (Fsp3) is 0.778. The molecule has 0 bridgehead atoms. The number of hydrogen-bond donors (Lipinski definition) is 1. The molecule has 1 aromatic carbocycles. The van der Waals surface area contributed by atoms with Crippen LogP contribution in [0.15, 0.2) is 18.2 Å². The van der Waals surface area contributed by atoms with Crippen molar-refractivity contribution in [3.05, 3.63) is 23.2 Å². The molecule has 0 aromatic heterocycles. The van der Waals surface area contributed by atoms with Crippen LogP contribution in [-0.2, 0) is 4.43 Å². The van der Waals surface area contributed by atoms with Gasteiger partial charge in [0.2, 0.25) is 8.32 Å². The van der Waals surface area contributed by atoms with E-state index in [1.165, 1.54) is 12.8 Å². The molecule has 0 spiro atoms. The predicted octanol–water partition coefficient (Wildman–Crippen LogP) is 8.00. The van der Waals surface area contributed by atoms with Crippen molar-refractivity contribution in [1.82, 2.24) is 5.32 Å². The van der Waals surface area contributed by atoms with Gasteiger partial charge in [-0.3, -0.25) is 0 Å². The standard InChI is InChI=1S/C27H45ClF2N2O2Si/c1-18(2)35(19(3)4,20(5)6)33-17-27(29,30)34-25-14-13-21(15-22(25)28)32-16-26(7,8)31-23-11-9-10-12-24(23)32/h13-15,18-20,23-24,31H,9-12,16-17H2,1-8H3/t23-,24+/m1/s1. The fourth-order valence-electron chi connectivity index (χ4n) is 6.68. The SMILES string of the molecule is CC(C)[Si](OCC(F)(F)Oc1ccc(N2CC(C)(C)N[C@@H]3CCCC[C@@H]32)cc1Cl)(C(C)C)C(C)C. The summed E-state index contributed by atoms with van der Waals surface area (Å²) in [6.07, 6.45) is 1.24. The molecule has 1 aliphatic heterocycles. The molecule has 0 amide bonds. The number of alkyl halides is 2. The Hall–Kier alpha value is -0.893. The van der Waals surface area contributed by atoms with Gasteiger partial charge in [-0.25, -0.2) is 0 Å². The molecule has 1 aromatic rings. The molecule has 2 aliphatic rings. The van der Waals surface area contributed by atoms with Crippen molar-refractivity contribution in [2.75, 3.05) is 18.1 Å². The topological polar surface area (TPSA) is 33.7 Å². The van der Waals surface area contributed by atoms with Crippen LogP contribution >= 0.6 is 11.6 Å².